The van der Waals surface area contributed by atoms with E-state index in [1.807, 2.05) is 17.5 Å². The van der Waals surface area contributed by atoms with Crippen LogP contribution in [-0.4, -0.2) is 11.8 Å². The Balaban J connectivity index is 1.80. The molecule has 2 aromatic rings. The van der Waals surface area contributed by atoms with Crippen molar-refractivity contribution < 1.29 is 14.0 Å². The molecule has 0 aliphatic rings. The predicted octanol–water partition coefficient (Wildman–Crippen LogP) is 1.82. The molecule has 0 unspecified atom stereocenters. The Kier molecular flexibility index (Phi) is 3.93. The molecule has 0 aromatic carbocycles. The third kappa shape index (κ3) is 3.33. The van der Waals surface area contributed by atoms with Gasteiger partial charge in [0.15, 0.2) is 5.76 Å². The summed E-state index contributed by atoms with van der Waals surface area (Å²) in [6, 6.07) is 6.87. The molecule has 2 amide bonds. The van der Waals surface area contributed by atoms with Crippen LogP contribution in [0.15, 0.2) is 46.4 Å². The largest absolute Gasteiger partial charge is 0.459 e. The molecule has 0 saturated heterocycles. The molecule has 5 nitrogen and oxygen atoms in total. The van der Waals surface area contributed by atoms with E-state index >= 15 is 0 Å². The zero-order valence-electron chi connectivity index (χ0n) is 9.25. The quantitative estimate of drug-likeness (QED) is 0.654. The summed E-state index contributed by atoms with van der Waals surface area (Å²) in [5, 5.41) is 1.91. The lowest BCUT2D eigenvalue weighted by molar-refractivity contribution is -0.117. The van der Waals surface area contributed by atoms with Crippen molar-refractivity contribution in [3.63, 3.8) is 0 Å². The highest BCUT2D eigenvalue weighted by atomic mass is 32.1. The number of hydrazine groups is 1. The number of nitrogens with one attached hydrogen (secondary N) is 2. The highest BCUT2D eigenvalue weighted by Gasteiger charge is 2.07. The van der Waals surface area contributed by atoms with Gasteiger partial charge in [-0.1, -0.05) is 6.07 Å². The van der Waals surface area contributed by atoms with Crippen molar-refractivity contribution in [2.24, 2.45) is 0 Å². The van der Waals surface area contributed by atoms with Crippen molar-refractivity contribution in [1.29, 1.82) is 0 Å². The van der Waals surface area contributed by atoms with Gasteiger partial charge in [-0.25, -0.2) is 0 Å². The third-order valence-corrected chi connectivity index (χ3v) is 2.82. The molecule has 0 saturated carbocycles. The monoisotopic (exact) mass is 262 g/mol. The second kappa shape index (κ2) is 5.83. The van der Waals surface area contributed by atoms with E-state index in [4.69, 9.17) is 4.42 Å². The second-order valence-electron chi connectivity index (χ2n) is 3.27. The minimum Gasteiger partial charge on any atom is -0.459 e. The van der Waals surface area contributed by atoms with E-state index in [-0.39, 0.29) is 5.76 Å². The van der Waals surface area contributed by atoms with Gasteiger partial charge in [0, 0.05) is 11.0 Å². The van der Waals surface area contributed by atoms with E-state index in [0.29, 0.717) is 0 Å². The van der Waals surface area contributed by atoms with Crippen molar-refractivity contribution in [3.8, 4) is 0 Å². The number of carbonyl (C=O) groups excluding carboxylic acids is 2. The van der Waals surface area contributed by atoms with Gasteiger partial charge in [-0.15, -0.1) is 11.3 Å². The van der Waals surface area contributed by atoms with Crippen molar-refractivity contribution in [3.05, 3.63) is 52.6 Å². The Morgan fingerprint density at radius 2 is 2.11 bits per heavy atom. The van der Waals surface area contributed by atoms with E-state index in [0.717, 1.165) is 4.88 Å². The first-order valence-electron chi connectivity index (χ1n) is 5.11. The van der Waals surface area contributed by atoms with Crippen LogP contribution in [0.25, 0.3) is 6.08 Å². The SMILES string of the molecule is O=C(/C=C/c1cccs1)NNC(=O)c1ccco1. The van der Waals surface area contributed by atoms with Crippen LogP contribution >= 0.6 is 11.3 Å². The fourth-order valence-electron chi connectivity index (χ4n) is 1.17. The van der Waals surface area contributed by atoms with Crippen LogP contribution in [0.5, 0.6) is 0 Å². The van der Waals surface area contributed by atoms with Crippen LogP contribution in [-0.2, 0) is 4.79 Å². The molecule has 0 spiro atoms. The Labute approximate surface area is 107 Å². The molecule has 2 N–H and O–H groups in total. The van der Waals surface area contributed by atoms with Gasteiger partial charge in [0.05, 0.1) is 6.26 Å². The molecule has 2 heterocycles. The highest BCUT2D eigenvalue weighted by Crippen LogP contribution is 2.09. The molecule has 0 radical (unpaired) electrons. The Hall–Kier alpha value is -2.34. The maximum atomic E-state index is 11.4. The fourth-order valence-corrected chi connectivity index (χ4v) is 1.79. The van der Waals surface area contributed by atoms with Crippen LogP contribution in [0.1, 0.15) is 15.4 Å². The van der Waals surface area contributed by atoms with E-state index < -0.39 is 11.8 Å². The summed E-state index contributed by atoms with van der Waals surface area (Å²) in [5.74, 6) is -0.779. The lowest BCUT2D eigenvalue weighted by atomic mass is 10.4. The maximum Gasteiger partial charge on any atom is 0.305 e. The Bertz CT molecular complexity index is 544. The van der Waals surface area contributed by atoms with E-state index in [9.17, 15) is 9.59 Å². The molecule has 0 fully saturated rings. The zero-order valence-corrected chi connectivity index (χ0v) is 10.1. The van der Waals surface area contributed by atoms with Crippen molar-refractivity contribution in [2.75, 3.05) is 0 Å². The topological polar surface area (TPSA) is 71.3 Å². The van der Waals surface area contributed by atoms with E-state index in [2.05, 4.69) is 10.9 Å². The average Bonchev–Trinajstić information content (AvgIpc) is 3.05. The molecule has 0 bridgehead atoms. The molecule has 2 rings (SSSR count). The first-order chi connectivity index (χ1) is 8.75. The predicted molar refractivity (Wildman–Crippen MR) is 67.7 cm³/mol. The Morgan fingerprint density at radius 1 is 1.22 bits per heavy atom. The smallest absolute Gasteiger partial charge is 0.305 e. The second-order valence-corrected chi connectivity index (χ2v) is 4.25. The number of rotatable bonds is 3. The summed E-state index contributed by atoms with van der Waals surface area (Å²) in [4.78, 5) is 23.7. The molecule has 2 aromatic heterocycles. The molecule has 6 heteroatoms. The fraction of sp³-hybridized carbons (Fsp3) is 0. The summed E-state index contributed by atoms with van der Waals surface area (Å²) in [6.45, 7) is 0. The number of hydrogen-bond acceptors (Lipinski definition) is 4. The van der Waals surface area contributed by atoms with Crippen LogP contribution in [0.3, 0.4) is 0 Å². The third-order valence-electron chi connectivity index (χ3n) is 1.99. The number of furan rings is 1. The highest BCUT2D eigenvalue weighted by molar-refractivity contribution is 7.10. The van der Waals surface area contributed by atoms with Gasteiger partial charge >= 0.3 is 5.91 Å². The molecule has 0 atom stereocenters. The zero-order chi connectivity index (χ0) is 12.8. The Morgan fingerprint density at radius 3 is 2.78 bits per heavy atom. The molecular weight excluding hydrogens is 252 g/mol. The summed E-state index contributed by atoms with van der Waals surface area (Å²) in [7, 11) is 0. The standard InChI is InChI=1S/C12H10N2O3S/c15-11(6-5-9-3-2-8-18-9)13-14-12(16)10-4-1-7-17-10/h1-8H,(H,13,15)(H,14,16)/b6-5+. The molecule has 0 aliphatic carbocycles. The minimum atomic E-state index is -0.502. The van der Waals surface area contributed by atoms with Gasteiger partial charge in [-0.2, -0.15) is 0 Å². The van der Waals surface area contributed by atoms with Crippen molar-refractivity contribution >= 4 is 29.2 Å². The van der Waals surface area contributed by atoms with Crippen LogP contribution in [0.2, 0.25) is 0 Å². The lowest BCUT2D eigenvalue weighted by Gasteiger charge is -2.02. The summed E-state index contributed by atoms with van der Waals surface area (Å²) in [6.07, 6.45) is 4.39. The molecular formula is C12H10N2O3S. The first-order valence-corrected chi connectivity index (χ1v) is 5.99. The average molecular weight is 262 g/mol. The van der Waals surface area contributed by atoms with E-state index in [1.54, 1.807) is 12.1 Å². The minimum absolute atomic E-state index is 0.137. The number of carbonyl (C=O) groups is 2. The summed E-state index contributed by atoms with van der Waals surface area (Å²) < 4.78 is 4.87. The lowest BCUT2D eigenvalue weighted by Crippen LogP contribution is -2.40. The van der Waals surface area contributed by atoms with Gasteiger partial charge in [0.25, 0.3) is 5.91 Å². The molecule has 92 valence electrons. The van der Waals surface area contributed by atoms with Crippen LogP contribution in [0, 0.1) is 0 Å². The van der Waals surface area contributed by atoms with Gasteiger partial charge in [-0.05, 0) is 29.7 Å². The number of amides is 2. The van der Waals surface area contributed by atoms with E-state index in [1.165, 1.54) is 29.7 Å². The molecule has 18 heavy (non-hydrogen) atoms. The van der Waals surface area contributed by atoms with Crippen molar-refractivity contribution in [2.45, 2.75) is 0 Å². The van der Waals surface area contributed by atoms with Gasteiger partial charge < -0.3 is 4.42 Å². The molecule has 0 aliphatic heterocycles. The summed E-state index contributed by atoms with van der Waals surface area (Å²) >= 11 is 1.52. The number of thiophene rings is 1. The van der Waals surface area contributed by atoms with Gasteiger partial charge in [0.1, 0.15) is 0 Å². The van der Waals surface area contributed by atoms with Gasteiger partial charge in [0.2, 0.25) is 0 Å². The van der Waals surface area contributed by atoms with Crippen LogP contribution in [0.4, 0.5) is 0 Å². The first kappa shape index (κ1) is 12.1. The normalized spacial score (nSPS) is 10.4. The number of hydrogen-bond donors (Lipinski definition) is 2. The van der Waals surface area contributed by atoms with Gasteiger partial charge in [-0.3, -0.25) is 20.4 Å². The summed E-state index contributed by atoms with van der Waals surface area (Å²) in [5.41, 5.74) is 4.49. The van der Waals surface area contributed by atoms with Crippen LogP contribution < -0.4 is 10.9 Å². The van der Waals surface area contributed by atoms with Crippen molar-refractivity contribution in [1.82, 2.24) is 10.9 Å². The maximum absolute atomic E-state index is 11.4.